The lowest BCUT2D eigenvalue weighted by atomic mass is 9.84. The third kappa shape index (κ3) is 3.34. The summed E-state index contributed by atoms with van der Waals surface area (Å²) in [5.41, 5.74) is 0.867. The molecule has 1 aliphatic rings. The number of rotatable bonds is 7. The summed E-state index contributed by atoms with van der Waals surface area (Å²) >= 11 is 1.76. The Kier molecular flexibility index (Phi) is 4.60. The Morgan fingerprint density at radius 1 is 1.47 bits per heavy atom. The van der Waals surface area contributed by atoms with Crippen molar-refractivity contribution in [3.05, 3.63) is 18.0 Å². The SMILES string of the molecule is CNCc1cc(S(=O)(=O)NCC2(SC)CCC2)c[nH]1. The molecule has 0 unspecified atom stereocenters. The van der Waals surface area contributed by atoms with Crippen molar-refractivity contribution in [1.29, 1.82) is 0 Å². The number of aromatic nitrogens is 1. The molecule has 1 heterocycles. The van der Waals surface area contributed by atoms with E-state index in [9.17, 15) is 8.42 Å². The second-order valence-corrected chi connectivity index (χ2v) is 8.00. The second-order valence-electron chi connectivity index (χ2n) is 4.96. The number of aromatic amines is 1. The third-order valence-corrected chi connectivity index (χ3v) is 6.48. The van der Waals surface area contributed by atoms with Crippen LogP contribution >= 0.6 is 11.8 Å². The van der Waals surface area contributed by atoms with Gasteiger partial charge in [-0.15, -0.1) is 0 Å². The fourth-order valence-electron chi connectivity index (χ4n) is 2.20. The maximum absolute atomic E-state index is 12.2. The molecular weight excluding hydrogens is 282 g/mol. The predicted molar refractivity (Wildman–Crippen MR) is 78.8 cm³/mol. The van der Waals surface area contributed by atoms with E-state index >= 15 is 0 Å². The maximum atomic E-state index is 12.2. The van der Waals surface area contributed by atoms with Crippen LogP contribution in [0, 0.1) is 0 Å². The molecule has 0 amide bonds. The standard InChI is InChI=1S/C12H21N3O2S2/c1-13-7-10-6-11(8-14-10)19(16,17)15-9-12(18-2)4-3-5-12/h6,8,13-15H,3-5,7,9H2,1-2H3. The molecule has 108 valence electrons. The topological polar surface area (TPSA) is 74.0 Å². The smallest absolute Gasteiger partial charge is 0.242 e. The van der Waals surface area contributed by atoms with Crippen molar-refractivity contribution in [2.75, 3.05) is 19.8 Å². The first kappa shape index (κ1) is 14.9. The summed E-state index contributed by atoms with van der Waals surface area (Å²) in [6.07, 6.45) is 6.97. The van der Waals surface area contributed by atoms with E-state index in [0.29, 0.717) is 18.0 Å². The van der Waals surface area contributed by atoms with E-state index in [-0.39, 0.29) is 4.75 Å². The highest BCUT2D eigenvalue weighted by Crippen LogP contribution is 2.42. The van der Waals surface area contributed by atoms with Crippen molar-refractivity contribution in [2.45, 2.75) is 35.4 Å². The van der Waals surface area contributed by atoms with Crippen LogP contribution in [0.25, 0.3) is 0 Å². The Balaban J connectivity index is 2.01. The molecule has 1 aliphatic carbocycles. The largest absolute Gasteiger partial charge is 0.363 e. The van der Waals surface area contributed by atoms with Crippen LogP contribution in [0.4, 0.5) is 0 Å². The van der Waals surface area contributed by atoms with Gasteiger partial charge in [0, 0.05) is 29.7 Å². The van der Waals surface area contributed by atoms with E-state index < -0.39 is 10.0 Å². The van der Waals surface area contributed by atoms with Crippen LogP contribution in [0.1, 0.15) is 25.0 Å². The number of H-pyrrole nitrogens is 1. The zero-order valence-electron chi connectivity index (χ0n) is 11.3. The van der Waals surface area contributed by atoms with Gasteiger partial charge < -0.3 is 10.3 Å². The molecule has 1 saturated carbocycles. The molecule has 3 N–H and O–H groups in total. The van der Waals surface area contributed by atoms with Gasteiger partial charge in [0.05, 0.1) is 4.90 Å². The van der Waals surface area contributed by atoms with Gasteiger partial charge in [0.25, 0.3) is 0 Å². The highest BCUT2D eigenvalue weighted by Gasteiger charge is 2.37. The third-order valence-electron chi connectivity index (χ3n) is 3.68. The molecule has 0 aromatic carbocycles. The first-order valence-electron chi connectivity index (χ1n) is 6.38. The normalized spacial score (nSPS) is 18.2. The molecule has 1 aromatic rings. The zero-order valence-corrected chi connectivity index (χ0v) is 13.0. The lowest BCUT2D eigenvalue weighted by Crippen LogP contribution is -2.45. The Bertz CT molecular complexity index is 515. The van der Waals surface area contributed by atoms with Gasteiger partial charge in [-0.2, -0.15) is 11.8 Å². The van der Waals surface area contributed by atoms with E-state index in [1.165, 1.54) is 6.42 Å². The van der Waals surface area contributed by atoms with E-state index in [2.05, 4.69) is 21.3 Å². The average molecular weight is 303 g/mol. The van der Waals surface area contributed by atoms with Crippen molar-refractivity contribution in [1.82, 2.24) is 15.0 Å². The second kappa shape index (κ2) is 5.87. The molecule has 0 saturated heterocycles. The lowest BCUT2D eigenvalue weighted by Gasteiger charge is -2.40. The molecule has 1 fully saturated rings. The predicted octanol–water partition coefficient (Wildman–Crippen LogP) is 1.30. The molecule has 0 radical (unpaired) electrons. The van der Waals surface area contributed by atoms with Crippen molar-refractivity contribution in [2.24, 2.45) is 0 Å². The lowest BCUT2D eigenvalue weighted by molar-refractivity contribution is 0.362. The molecular formula is C12H21N3O2S2. The minimum atomic E-state index is -3.40. The average Bonchev–Trinajstić information content (AvgIpc) is 2.78. The van der Waals surface area contributed by atoms with E-state index in [1.807, 2.05) is 7.05 Å². The zero-order chi connectivity index (χ0) is 13.9. The maximum Gasteiger partial charge on any atom is 0.242 e. The van der Waals surface area contributed by atoms with Crippen LogP contribution in [-0.4, -0.2) is 38.0 Å². The van der Waals surface area contributed by atoms with E-state index in [1.54, 1.807) is 24.0 Å². The van der Waals surface area contributed by atoms with Gasteiger partial charge in [0.2, 0.25) is 10.0 Å². The summed E-state index contributed by atoms with van der Waals surface area (Å²) in [6.45, 7) is 1.15. The first-order valence-corrected chi connectivity index (χ1v) is 9.09. The van der Waals surface area contributed by atoms with Crippen LogP contribution < -0.4 is 10.0 Å². The number of hydrogen-bond donors (Lipinski definition) is 3. The molecule has 2 rings (SSSR count). The van der Waals surface area contributed by atoms with Crippen molar-refractivity contribution in [3.63, 3.8) is 0 Å². The van der Waals surface area contributed by atoms with Gasteiger partial charge in [-0.25, -0.2) is 13.1 Å². The minimum Gasteiger partial charge on any atom is -0.363 e. The van der Waals surface area contributed by atoms with Crippen LogP contribution in [-0.2, 0) is 16.6 Å². The van der Waals surface area contributed by atoms with Gasteiger partial charge in [0.1, 0.15) is 0 Å². The Labute approximate surface area is 119 Å². The van der Waals surface area contributed by atoms with Crippen molar-refractivity contribution in [3.8, 4) is 0 Å². The quantitative estimate of drug-likeness (QED) is 0.710. The molecule has 0 spiro atoms. The fraction of sp³-hybridized carbons (Fsp3) is 0.667. The van der Waals surface area contributed by atoms with Gasteiger partial charge in [-0.1, -0.05) is 6.42 Å². The molecule has 7 heteroatoms. The van der Waals surface area contributed by atoms with Crippen LogP contribution in [0.2, 0.25) is 0 Å². The number of sulfonamides is 1. The molecule has 0 bridgehead atoms. The number of hydrogen-bond acceptors (Lipinski definition) is 4. The van der Waals surface area contributed by atoms with Crippen LogP contribution in [0.15, 0.2) is 17.2 Å². The van der Waals surface area contributed by atoms with Crippen LogP contribution in [0.3, 0.4) is 0 Å². The molecule has 0 aliphatic heterocycles. The Morgan fingerprint density at radius 2 is 2.21 bits per heavy atom. The summed E-state index contributed by atoms with van der Waals surface area (Å²) in [6, 6.07) is 1.67. The van der Waals surface area contributed by atoms with Crippen molar-refractivity contribution < 1.29 is 8.42 Å². The molecule has 0 atom stereocenters. The molecule has 19 heavy (non-hydrogen) atoms. The highest BCUT2D eigenvalue weighted by atomic mass is 32.2. The fourth-order valence-corrected chi connectivity index (χ4v) is 4.35. The summed E-state index contributed by atoms with van der Waals surface area (Å²) in [7, 11) is -1.57. The van der Waals surface area contributed by atoms with E-state index in [0.717, 1.165) is 18.5 Å². The van der Waals surface area contributed by atoms with Crippen LogP contribution in [0.5, 0.6) is 0 Å². The number of thioether (sulfide) groups is 1. The number of nitrogens with one attached hydrogen (secondary N) is 3. The minimum absolute atomic E-state index is 0.108. The summed E-state index contributed by atoms with van der Waals surface area (Å²) in [4.78, 5) is 3.28. The van der Waals surface area contributed by atoms with Gasteiger partial charge in [-0.3, -0.25) is 0 Å². The monoisotopic (exact) mass is 303 g/mol. The van der Waals surface area contributed by atoms with Gasteiger partial charge >= 0.3 is 0 Å². The summed E-state index contributed by atoms with van der Waals surface area (Å²) in [5.74, 6) is 0. The highest BCUT2D eigenvalue weighted by molar-refractivity contribution is 8.00. The van der Waals surface area contributed by atoms with Gasteiger partial charge in [-0.05, 0) is 32.2 Å². The van der Waals surface area contributed by atoms with E-state index in [4.69, 9.17) is 0 Å². The Morgan fingerprint density at radius 3 is 2.74 bits per heavy atom. The first-order chi connectivity index (χ1) is 9.01. The van der Waals surface area contributed by atoms with Gasteiger partial charge in [0.15, 0.2) is 0 Å². The van der Waals surface area contributed by atoms with Crippen molar-refractivity contribution >= 4 is 21.8 Å². The summed E-state index contributed by atoms with van der Waals surface area (Å²) in [5, 5.41) is 2.98. The Hall–Kier alpha value is -0.500. The molecule has 5 nitrogen and oxygen atoms in total. The molecule has 1 aromatic heterocycles. The summed E-state index contributed by atoms with van der Waals surface area (Å²) < 4.78 is 27.2.